The third-order valence-electron chi connectivity index (χ3n) is 4.81. The number of sulfonamides is 1. The normalized spacial score (nSPS) is 12.4. The molecule has 1 N–H and O–H groups in total. The summed E-state index contributed by atoms with van der Waals surface area (Å²) in [5, 5.41) is 3.52. The third-order valence-corrected chi connectivity index (χ3v) is 7.49. The van der Waals surface area contributed by atoms with Crippen LogP contribution in [-0.2, 0) is 26.2 Å². The van der Waals surface area contributed by atoms with Gasteiger partial charge in [-0.25, -0.2) is 8.42 Å². The van der Waals surface area contributed by atoms with Gasteiger partial charge in [-0.2, -0.15) is 0 Å². The first-order valence-electron chi connectivity index (χ1n) is 10.2. The Morgan fingerprint density at radius 2 is 1.62 bits per heavy atom. The van der Waals surface area contributed by atoms with Crippen LogP contribution < -0.4 is 9.62 Å². The Bertz CT molecular complexity index is 1170. The van der Waals surface area contributed by atoms with Crippen LogP contribution in [0.4, 0.5) is 5.69 Å². The van der Waals surface area contributed by atoms with E-state index in [0.29, 0.717) is 10.6 Å². The fourth-order valence-corrected chi connectivity index (χ4v) is 4.72. The Hall–Kier alpha value is -1.71. The summed E-state index contributed by atoms with van der Waals surface area (Å²) < 4.78 is 26.0. The van der Waals surface area contributed by atoms with E-state index >= 15 is 0 Å². The number of nitrogens with zero attached hydrogens (tertiary/aromatic N) is 2. The molecule has 0 heterocycles. The number of benzene rings is 2. The molecule has 186 valence electrons. The van der Waals surface area contributed by atoms with Crippen LogP contribution in [0, 0.1) is 0 Å². The minimum absolute atomic E-state index is 0.0102. The number of hydrogen-bond donors (Lipinski definition) is 1. The molecule has 0 fully saturated rings. The molecule has 2 rings (SSSR count). The van der Waals surface area contributed by atoms with Crippen molar-refractivity contribution in [2.45, 2.75) is 39.4 Å². The Kier molecular flexibility index (Phi) is 9.91. The van der Waals surface area contributed by atoms with Crippen LogP contribution in [-0.4, -0.2) is 50.0 Å². The van der Waals surface area contributed by atoms with E-state index in [1.807, 2.05) is 0 Å². The van der Waals surface area contributed by atoms with E-state index in [1.165, 1.54) is 23.1 Å². The van der Waals surface area contributed by atoms with Crippen molar-refractivity contribution >= 4 is 73.9 Å². The number of halogens is 4. The smallest absolute Gasteiger partial charge is 0.244 e. The van der Waals surface area contributed by atoms with E-state index < -0.39 is 34.4 Å². The van der Waals surface area contributed by atoms with E-state index in [0.717, 1.165) is 10.6 Å². The van der Waals surface area contributed by atoms with E-state index in [2.05, 4.69) is 5.32 Å². The lowest BCUT2D eigenvalue weighted by atomic mass is 10.1. The standard InChI is InChI=1S/C22H25Cl4N3O4S/c1-13(2)27-22(31)14(3)28(11-15-8-9-16(23)18(25)10-15)20(30)12-29(34(4,32)33)19-7-5-6-17(24)21(19)26/h5-10,13-14H,11-12H2,1-4H3,(H,27,31)/t14-/m0/s1. The zero-order valence-corrected chi connectivity index (χ0v) is 22.8. The third kappa shape index (κ3) is 7.39. The Balaban J connectivity index is 2.46. The monoisotopic (exact) mass is 567 g/mol. The quantitative estimate of drug-likeness (QED) is 0.461. The molecule has 0 radical (unpaired) electrons. The molecule has 1 atom stereocenters. The van der Waals surface area contributed by atoms with E-state index in [1.54, 1.807) is 39.0 Å². The molecule has 34 heavy (non-hydrogen) atoms. The largest absolute Gasteiger partial charge is 0.352 e. The summed E-state index contributed by atoms with van der Waals surface area (Å²) in [5.41, 5.74) is 0.664. The molecular weight excluding hydrogens is 544 g/mol. The second-order valence-corrected chi connectivity index (χ2v) is 11.5. The molecule has 0 saturated carbocycles. The Labute approximate surface area is 220 Å². The first kappa shape index (κ1) is 28.5. The van der Waals surface area contributed by atoms with Gasteiger partial charge in [-0.15, -0.1) is 0 Å². The summed E-state index contributed by atoms with van der Waals surface area (Å²) in [6.45, 7) is 4.54. The summed E-state index contributed by atoms with van der Waals surface area (Å²) in [6, 6.07) is 8.23. The average Bonchev–Trinajstić information content (AvgIpc) is 2.73. The molecule has 0 bridgehead atoms. The minimum Gasteiger partial charge on any atom is -0.352 e. The molecule has 0 aliphatic carbocycles. The molecule has 0 aromatic heterocycles. The van der Waals surface area contributed by atoms with Crippen LogP contribution in [0.1, 0.15) is 26.3 Å². The van der Waals surface area contributed by atoms with Gasteiger partial charge in [0, 0.05) is 12.6 Å². The summed E-state index contributed by atoms with van der Waals surface area (Å²) in [7, 11) is -3.93. The molecular formula is C22H25Cl4N3O4S. The van der Waals surface area contributed by atoms with Gasteiger partial charge < -0.3 is 10.2 Å². The molecule has 2 aromatic rings. The van der Waals surface area contributed by atoms with Crippen molar-refractivity contribution in [1.82, 2.24) is 10.2 Å². The summed E-state index contributed by atoms with van der Waals surface area (Å²) in [6.07, 6.45) is 0.954. The number of carbonyl (C=O) groups excluding carboxylic acids is 2. The van der Waals surface area contributed by atoms with Crippen molar-refractivity contribution in [3.8, 4) is 0 Å². The van der Waals surface area contributed by atoms with Gasteiger partial charge in [0.1, 0.15) is 12.6 Å². The number of amides is 2. The highest BCUT2D eigenvalue weighted by Crippen LogP contribution is 2.34. The van der Waals surface area contributed by atoms with Crippen molar-refractivity contribution in [1.29, 1.82) is 0 Å². The van der Waals surface area contributed by atoms with Crippen LogP contribution in [0.5, 0.6) is 0 Å². The van der Waals surface area contributed by atoms with Crippen molar-refractivity contribution < 1.29 is 18.0 Å². The molecule has 7 nitrogen and oxygen atoms in total. The van der Waals surface area contributed by atoms with Crippen LogP contribution in [0.25, 0.3) is 0 Å². The highest BCUT2D eigenvalue weighted by Gasteiger charge is 2.31. The topological polar surface area (TPSA) is 86.8 Å². The summed E-state index contributed by atoms with van der Waals surface area (Å²) in [4.78, 5) is 27.5. The number of nitrogens with one attached hydrogen (secondary N) is 1. The molecule has 0 aliphatic heterocycles. The minimum atomic E-state index is -3.93. The van der Waals surface area contributed by atoms with Crippen molar-refractivity contribution in [3.05, 3.63) is 62.1 Å². The van der Waals surface area contributed by atoms with Crippen molar-refractivity contribution in [2.75, 3.05) is 17.1 Å². The number of rotatable bonds is 9. The van der Waals surface area contributed by atoms with Crippen LogP contribution >= 0.6 is 46.4 Å². The fraction of sp³-hybridized carbons (Fsp3) is 0.364. The number of carbonyl (C=O) groups is 2. The lowest BCUT2D eigenvalue weighted by Crippen LogP contribution is -2.52. The van der Waals surface area contributed by atoms with Gasteiger partial charge in [-0.1, -0.05) is 58.5 Å². The highest BCUT2D eigenvalue weighted by molar-refractivity contribution is 7.92. The van der Waals surface area contributed by atoms with E-state index in [9.17, 15) is 18.0 Å². The molecule has 0 unspecified atom stereocenters. The van der Waals surface area contributed by atoms with Gasteiger partial charge in [-0.3, -0.25) is 13.9 Å². The summed E-state index contributed by atoms with van der Waals surface area (Å²) in [5.74, 6) is -1.02. The molecule has 12 heteroatoms. The van der Waals surface area contributed by atoms with E-state index in [4.69, 9.17) is 46.4 Å². The number of anilines is 1. The first-order chi connectivity index (χ1) is 15.7. The Morgan fingerprint density at radius 1 is 0.971 bits per heavy atom. The zero-order valence-electron chi connectivity index (χ0n) is 19.0. The van der Waals surface area contributed by atoms with Gasteiger partial charge in [0.2, 0.25) is 21.8 Å². The maximum absolute atomic E-state index is 13.5. The maximum atomic E-state index is 13.5. The molecule has 0 aliphatic rings. The van der Waals surface area contributed by atoms with Gasteiger partial charge in [-0.05, 0) is 50.6 Å². The van der Waals surface area contributed by atoms with Crippen LogP contribution in [0.2, 0.25) is 20.1 Å². The van der Waals surface area contributed by atoms with Gasteiger partial charge in [0.05, 0.1) is 32.0 Å². The maximum Gasteiger partial charge on any atom is 0.244 e. The van der Waals surface area contributed by atoms with Crippen LogP contribution in [0.15, 0.2) is 36.4 Å². The zero-order chi connectivity index (χ0) is 25.8. The average molecular weight is 569 g/mol. The fourth-order valence-electron chi connectivity index (χ4n) is 3.10. The van der Waals surface area contributed by atoms with Gasteiger partial charge in [0.15, 0.2) is 0 Å². The second-order valence-electron chi connectivity index (χ2n) is 7.95. The molecule has 2 amide bonds. The molecule has 0 spiro atoms. The first-order valence-corrected chi connectivity index (χ1v) is 13.5. The van der Waals surface area contributed by atoms with Crippen molar-refractivity contribution in [3.63, 3.8) is 0 Å². The lowest BCUT2D eigenvalue weighted by Gasteiger charge is -2.32. The van der Waals surface area contributed by atoms with Gasteiger partial charge in [0.25, 0.3) is 0 Å². The SMILES string of the molecule is CC(C)NC(=O)[C@H](C)N(Cc1ccc(Cl)c(Cl)c1)C(=O)CN(c1cccc(Cl)c1Cl)S(C)(=O)=O. The number of hydrogen-bond acceptors (Lipinski definition) is 4. The van der Waals surface area contributed by atoms with E-state index in [-0.39, 0.29) is 33.3 Å². The lowest BCUT2D eigenvalue weighted by molar-refractivity contribution is -0.139. The predicted molar refractivity (Wildman–Crippen MR) is 138 cm³/mol. The molecule has 0 saturated heterocycles. The summed E-state index contributed by atoms with van der Waals surface area (Å²) >= 11 is 24.4. The highest BCUT2D eigenvalue weighted by atomic mass is 35.5. The second kappa shape index (κ2) is 11.8. The molecule has 2 aromatic carbocycles. The van der Waals surface area contributed by atoms with Crippen molar-refractivity contribution in [2.24, 2.45) is 0 Å². The van der Waals surface area contributed by atoms with Gasteiger partial charge >= 0.3 is 0 Å². The Morgan fingerprint density at radius 3 is 2.18 bits per heavy atom. The predicted octanol–water partition coefficient (Wildman–Crippen LogP) is 5.01. The van der Waals surface area contributed by atoms with Crippen LogP contribution in [0.3, 0.4) is 0 Å².